The molecule has 1 heterocycles. The van der Waals surface area contributed by atoms with Crippen molar-refractivity contribution in [1.29, 1.82) is 0 Å². The topological polar surface area (TPSA) is 71.5 Å². The SMILES string of the molecule is C[C@]1(C(=O)CCc2ccccc2)CN(C(=O)c2ccc(Br)c(Cl)c2)CCS1(=O)=O. The predicted octanol–water partition coefficient (Wildman–Crippen LogP) is 3.93. The van der Waals surface area contributed by atoms with E-state index in [1.165, 1.54) is 17.9 Å². The highest BCUT2D eigenvalue weighted by Crippen LogP contribution is 2.30. The molecule has 0 saturated carbocycles. The molecule has 2 aromatic carbocycles. The molecule has 0 N–H and O–H groups in total. The van der Waals surface area contributed by atoms with Crippen molar-refractivity contribution in [2.45, 2.75) is 24.5 Å². The van der Waals surface area contributed by atoms with Gasteiger partial charge >= 0.3 is 0 Å². The van der Waals surface area contributed by atoms with E-state index in [0.29, 0.717) is 21.5 Å². The number of aryl methyl sites for hydroxylation is 1. The summed E-state index contributed by atoms with van der Waals surface area (Å²) in [5.74, 6) is -0.944. The first kappa shape index (κ1) is 22.0. The molecule has 29 heavy (non-hydrogen) atoms. The van der Waals surface area contributed by atoms with Crippen LogP contribution in [0.2, 0.25) is 5.02 Å². The van der Waals surface area contributed by atoms with Gasteiger partial charge in [0.15, 0.2) is 15.6 Å². The summed E-state index contributed by atoms with van der Waals surface area (Å²) >= 11 is 9.36. The fourth-order valence-electron chi connectivity index (χ4n) is 3.41. The van der Waals surface area contributed by atoms with Crippen molar-refractivity contribution in [3.05, 3.63) is 69.2 Å². The molecule has 0 unspecified atom stereocenters. The van der Waals surface area contributed by atoms with Crippen LogP contribution in [0.1, 0.15) is 29.3 Å². The van der Waals surface area contributed by atoms with Crippen molar-refractivity contribution >= 4 is 49.1 Å². The minimum Gasteiger partial charge on any atom is -0.336 e. The Morgan fingerprint density at radius 2 is 1.86 bits per heavy atom. The Hall–Kier alpha value is -1.70. The monoisotopic (exact) mass is 497 g/mol. The molecule has 1 fully saturated rings. The van der Waals surface area contributed by atoms with Gasteiger partial charge in [-0.25, -0.2) is 8.42 Å². The zero-order chi connectivity index (χ0) is 21.2. The molecule has 1 saturated heterocycles. The lowest BCUT2D eigenvalue weighted by Gasteiger charge is -2.39. The van der Waals surface area contributed by atoms with Gasteiger partial charge in [0.2, 0.25) is 0 Å². The van der Waals surface area contributed by atoms with E-state index in [-0.39, 0.29) is 37.0 Å². The second kappa shape index (κ2) is 8.58. The van der Waals surface area contributed by atoms with E-state index >= 15 is 0 Å². The Balaban J connectivity index is 1.79. The lowest BCUT2D eigenvalue weighted by Crippen LogP contribution is -2.60. The summed E-state index contributed by atoms with van der Waals surface area (Å²) in [6.07, 6.45) is 0.562. The normalized spacial score (nSPS) is 21.0. The highest BCUT2D eigenvalue weighted by atomic mass is 79.9. The van der Waals surface area contributed by atoms with Crippen LogP contribution in [0, 0.1) is 0 Å². The number of Topliss-reactive ketones (excluding diaryl/α,β-unsaturated/α-hetero) is 1. The number of carbonyl (C=O) groups is 2. The van der Waals surface area contributed by atoms with Gasteiger partial charge in [0.05, 0.1) is 10.8 Å². The molecule has 0 aliphatic carbocycles. The van der Waals surface area contributed by atoms with E-state index in [1.54, 1.807) is 12.1 Å². The predicted molar refractivity (Wildman–Crippen MR) is 117 cm³/mol. The van der Waals surface area contributed by atoms with Gasteiger partial charge < -0.3 is 4.90 Å². The summed E-state index contributed by atoms with van der Waals surface area (Å²) in [5.41, 5.74) is 1.33. The summed E-state index contributed by atoms with van der Waals surface area (Å²) < 4.78 is 24.6. The molecule has 1 aliphatic heterocycles. The number of ketones is 1. The summed E-state index contributed by atoms with van der Waals surface area (Å²) in [6, 6.07) is 14.3. The maximum Gasteiger partial charge on any atom is 0.253 e. The van der Waals surface area contributed by atoms with Crippen molar-refractivity contribution in [2.75, 3.05) is 18.8 Å². The average Bonchev–Trinajstić information content (AvgIpc) is 2.70. The highest BCUT2D eigenvalue weighted by Gasteiger charge is 2.50. The van der Waals surface area contributed by atoms with Crippen LogP contribution in [0.4, 0.5) is 0 Å². The van der Waals surface area contributed by atoms with Crippen LogP contribution in [-0.2, 0) is 21.1 Å². The van der Waals surface area contributed by atoms with Gasteiger partial charge in [-0.1, -0.05) is 41.9 Å². The van der Waals surface area contributed by atoms with Crippen LogP contribution in [0.25, 0.3) is 0 Å². The van der Waals surface area contributed by atoms with Gasteiger partial charge in [0.1, 0.15) is 4.75 Å². The van der Waals surface area contributed by atoms with E-state index < -0.39 is 14.6 Å². The van der Waals surface area contributed by atoms with E-state index in [9.17, 15) is 18.0 Å². The van der Waals surface area contributed by atoms with Gasteiger partial charge in [-0.05, 0) is 53.0 Å². The summed E-state index contributed by atoms with van der Waals surface area (Å²) in [4.78, 5) is 27.3. The van der Waals surface area contributed by atoms with Crippen LogP contribution in [0.15, 0.2) is 53.0 Å². The number of nitrogens with zero attached hydrogens (tertiary/aromatic N) is 1. The maximum atomic E-state index is 13.0. The largest absolute Gasteiger partial charge is 0.336 e. The van der Waals surface area contributed by atoms with Crippen LogP contribution >= 0.6 is 27.5 Å². The van der Waals surface area contributed by atoms with Gasteiger partial charge in [-0.15, -0.1) is 0 Å². The third kappa shape index (κ3) is 4.57. The Kier molecular flexibility index (Phi) is 6.51. The van der Waals surface area contributed by atoms with E-state index in [0.717, 1.165) is 5.56 Å². The molecule has 2 aromatic rings. The first-order chi connectivity index (χ1) is 13.6. The van der Waals surface area contributed by atoms with Gasteiger partial charge in [0, 0.05) is 29.5 Å². The fraction of sp³-hybridized carbons (Fsp3) is 0.333. The van der Waals surface area contributed by atoms with E-state index in [2.05, 4.69) is 15.9 Å². The number of carbonyl (C=O) groups excluding carboxylic acids is 2. The summed E-state index contributed by atoms with van der Waals surface area (Å²) in [6.45, 7) is 1.33. The van der Waals surface area contributed by atoms with Gasteiger partial charge in [-0.3, -0.25) is 9.59 Å². The van der Waals surface area contributed by atoms with Crippen molar-refractivity contribution in [1.82, 2.24) is 4.90 Å². The molecule has 0 spiro atoms. The third-order valence-electron chi connectivity index (χ3n) is 5.34. The first-order valence-electron chi connectivity index (χ1n) is 9.18. The standard InChI is InChI=1S/C21H21BrClNO4S/c1-21(19(25)10-7-15-5-3-2-4-6-15)14-24(11-12-29(21,27)28)20(26)16-8-9-17(22)18(23)13-16/h2-6,8-9,13H,7,10-12,14H2,1H3/t21-/m1/s1. The minimum atomic E-state index is -3.67. The number of hydrogen-bond donors (Lipinski definition) is 0. The second-order valence-corrected chi connectivity index (χ2v) is 11.1. The zero-order valence-corrected chi connectivity index (χ0v) is 19.1. The zero-order valence-electron chi connectivity index (χ0n) is 15.9. The van der Waals surface area contributed by atoms with Gasteiger partial charge in [-0.2, -0.15) is 0 Å². The highest BCUT2D eigenvalue weighted by molar-refractivity contribution is 9.10. The number of rotatable bonds is 5. The number of hydrogen-bond acceptors (Lipinski definition) is 4. The molecule has 1 atom stereocenters. The number of amides is 1. The minimum absolute atomic E-state index is 0.0520. The Labute approximate surface area is 184 Å². The quantitative estimate of drug-likeness (QED) is 0.626. The Bertz CT molecular complexity index is 1040. The maximum absolute atomic E-state index is 13.0. The number of halogens is 2. The third-order valence-corrected chi connectivity index (χ3v) is 9.02. The lowest BCUT2D eigenvalue weighted by molar-refractivity contribution is -0.121. The molecule has 0 bridgehead atoms. The Morgan fingerprint density at radius 3 is 2.52 bits per heavy atom. The molecule has 1 amide bonds. The first-order valence-corrected chi connectivity index (χ1v) is 12.0. The van der Waals surface area contributed by atoms with E-state index in [4.69, 9.17) is 11.6 Å². The van der Waals surface area contributed by atoms with Gasteiger partial charge in [0.25, 0.3) is 5.91 Å². The fourth-order valence-corrected chi connectivity index (χ4v) is 5.55. The van der Waals surface area contributed by atoms with Crippen molar-refractivity contribution < 1.29 is 18.0 Å². The smallest absolute Gasteiger partial charge is 0.253 e. The van der Waals surface area contributed by atoms with Crippen molar-refractivity contribution in [2.24, 2.45) is 0 Å². The van der Waals surface area contributed by atoms with Crippen molar-refractivity contribution in [3.63, 3.8) is 0 Å². The molecular weight excluding hydrogens is 478 g/mol. The number of sulfone groups is 1. The van der Waals surface area contributed by atoms with Crippen LogP contribution in [0.5, 0.6) is 0 Å². The lowest BCUT2D eigenvalue weighted by atomic mass is 9.97. The molecule has 1 aliphatic rings. The molecular formula is C21H21BrClNO4S. The number of benzene rings is 2. The van der Waals surface area contributed by atoms with Crippen molar-refractivity contribution in [3.8, 4) is 0 Å². The average molecular weight is 499 g/mol. The van der Waals surface area contributed by atoms with Crippen LogP contribution in [-0.4, -0.2) is 48.6 Å². The van der Waals surface area contributed by atoms with Crippen LogP contribution in [0.3, 0.4) is 0 Å². The van der Waals surface area contributed by atoms with Crippen LogP contribution < -0.4 is 0 Å². The molecule has 5 nitrogen and oxygen atoms in total. The summed E-state index contributed by atoms with van der Waals surface area (Å²) in [7, 11) is -3.67. The molecule has 3 rings (SSSR count). The Morgan fingerprint density at radius 1 is 1.17 bits per heavy atom. The molecule has 8 heteroatoms. The summed E-state index contributed by atoms with van der Waals surface area (Å²) in [5, 5.41) is 0.391. The second-order valence-electron chi connectivity index (χ2n) is 7.31. The molecule has 0 radical (unpaired) electrons. The molecule has 154 valence electrons. The van der Waals surface area contributed by atoms with E-state index in [1.807, 2.05) is 30.3 Å². The molecule has 0 aromatic heterocycles.